The van der Waals surface area contributed by atoms with Gasteiger partial charge < -0.3 is 10.2 Å². The summed E-state index contributed by atoms with van der Waals surface area (Å²) in [4.78, 5) is 2.62. The predicted octanol–water partition coefficient (Wildman–Crippen LogP) is 5.74. The highest BCUT2D eigenvalue weighted by atomic mass is 15.1. The van der Waals surface area contributed by atoms with Gasteiger partial charge >= 0.3 is 0 Å². The van der Waals surface area contributed by atoms with Crippen LogP contribution in [0.2, 0.25) is 0 Å². The fraction of sp³-hybridized carbons (Fsp3) is 0.520. The molecule has 0 spiro atoms. The van der Waals surface area contributed by atoms with Crippen LogP contribution in [0.15, 0.2) is 54.6 Å². The van der Waals surface area contributed by atoms with Crippen LogP contribution in [0, 0.1) is 11.8 Å². The SMILES string of the molecule is c1ccc(-c2ccccc2N2CCC(CCCC3CCNCC3)CC2)cc1. The highest BCUT2D eigenvalue weighted by Gasteiger charge is 2.21. The fourth-order valence-electron chi connectivity index (χ4n) is 4.94. The predicted molar refractivity (Wildman–Crippen MR) is 116 cm³/mol. The third-order valence-electron chi connectivity index (χ3n) is 6.63. The molecule has 2 aliphatic heterocycles. The zero-order valence-corrected chi connectivity index (χ0v) is 16.6. The van der Waals surface area contributed by atoms with E-state index in [1.807, 2.05) is 0 Å². The molecule has 2 aromatic carbocycles. The summed E-state index contributed by atoms with van der Waals surface area (Å²) in [5.41, 5.74) is 4.12. The van der Waals surface area contributed by atoms with Crippen LogP contribution in [0.5, 0.6) is 0 Å². The largest absolute Gasteiger partial charge is 0.371 e. The molecule has 0 aromatic heterocycles. The van der Waals surface area contributed by atoms with Gasteiger partial charge in [-0.3, -0.25) is 0 Å². The lowest BCUT2D eigenvalue weighted by Crippen LogP contribution is -2.34. The summed E-state index contributed by atoms with van der Waals surface area (Å²) in [5, 5.41) is 3.49. The van der Waals surface area contributed by atoms with Crippen LogP contribution in [0.25, 0.3) is 11.1 Å². The Kier molecular flexibility index (Phi) is 6.47. The van der Waals surface area contributed by atoms with Crippen molar-refractivity contribution >= 4 is 5.69 Å². The number of nitrogens with zero attached hydrogens (tertiary/aromatic N) is 1. The third-order valence-corrected chi connectivity index (χ3v) is 6.63. The van der Waals surface area contributed by atoms with Crippen LogP contribution < -0.4 is 10.2 Å². The lowest BCUT2D eigenvalue weighted by molar-refractivity contribution is 0.313. The van der Waals surface area contributed by atoms with Crippen molar-refractivity contribution in [2.24, 2.45) is 11.8 Å². The molecule has 2 nitrogen and oxygen atoms in total. The van der Waals surface area contributed by atoms with Crippen molar-refractivity contribution in [3.05, 3.63) is 54.6 Å². The van der Waals surface area contributed by atoms with E-state index in [1.165, 1.54) is 87.9 Å². The first kappa shape index (κ1) is 18.6. The average Bonchev–Trinajstić information content (AvgIpc) is 2.76. The van der Waals surface area contributed by atoms with Crippen molar-refractivity contribution in [2.45, 2.75) is 44.9 Å². The Hall–Kier alpha value is -1.80. The van der Waals surface area contributed by atoms with Crippen LogP contribution in [0.4, 0.5) is 5.69 Å². The third kappa shape index (κ3) is 4.93. The Bertz CT molecular complexity index is 682. The maximum Gasteiger partial charge on any atom is 0.0445 e. The van der Waals surface area contributed by atoms with Gasteiger partial charge in [-0.2, -0.15) is 0 Å². The van der Waals surface area contributed by atoms with E-state index in [1.54, 1.807) is 0 Å². The molecule has 4 rings (SSSR count). The number of para-hydroxylation sites is 1. The number of hydrogen-bond acceptors (Lipinski definition) is 2. The van der Waals surface area contributed by atoms with E-state index in [4.69, 9.17) is 0 Å². The molecule has 0 unspecified atom stereocenters. The monoisotopic (exact) mass is 362 g/mol. The van der Waals surface area contributed by atoms with Crippen molar-refractivity contribution in [2.75, 3.05) is 31.1 Å². The van der Waals surface area contributed by atoms with Gasteiger partial charge in [-0.1, -0.05) is 67.8 Å². The smallest absolute Gasteiger partial charge is 0.0445 e. The molecule has 0 aliphatic carbocycles. The minimum absolute atomic E-state index is 0.937. The van der Waals surface area contributed by atoms with Crippen LogP contribution in [0.3, 0.4) is 0 Å². The Balaban J connectivity index is 1.29. The minimum atomic E-state index is 0.937. The van der Waals surface area contributed by atoms with E-state index in [-0.39, 0.29) is 0 Å². The molecule has 0 radical (unpaired) electrons. The topological polar surface area (TPSA) is 15.3 Å². The van der Waals surface area contributed by atoms with Crippen molar-refractivity contribution in [3.63, 3.8) is 0 Å². The zero-order valence-electron chi connectivity index (χ0n) is 16.6. The van der Waals surface area contributed by atoms with Crippen molar-refractivity contribution in [1.82, 2.24) is 5.32 Å². The van der Waals surface area contributed by atoms with Crippen LogP contribution in [-0.4, -0.2) is 26.2 Å². The van der Waals surface area contributed by atoms with Crippen LogP contribution >= 0.6 is 0 Å². The quantitative estimate of drug-likeness (QED) is 0.705. The van der Waals surface area contributed by atoms with Gasteiger partial charge in [0.05, 0.1) is 0 Å². The van der Waals surface area contributed by atoms with Gasteiger partial charge in [0.25, 0.3) is 0 Å². The molecule has 0 saturated carbocycles. The molecular formula is C25H34N2. The summed E-state index contributed by atoms with van der Waals surface area (Å²) in [6, 6.07) is 19.8. The molecule has 2 fully saturated rings. The first-order valence-corrected chi connectivity index (χ1v) is 11.0. The molecule has 144 valence electrons. The molecule has 0 atom stereocenters. The van der Waals surface area contributed by atoms with Gasteiger partial charge in [0, 0.05) is 24.3 Å². The Morgan fingerprint density at radius 3 is 2.11 bits per heavy atom. The number of nitrogens with one attached hydrogen (secondary N) is 1. The molecule has 2 aromatic rings. The standard InChI is InChI=1S/C25H34N2/c1-2-9-23(10-3-1)24-11-4-5-12-25(24)27-19-15-22(16-20-27)8-6-7-21-13-17-26-18-14-21/h1-5,9-12,21-22,26H,6-8,13-20H2. The molecule has 2 aliphatic rings. The van der Waals surface area contributed by atoms with Gasteiger partial charge in [-0.05, 0) is 62.2 Å². The van der Waals surface area contributed by atoms with Crippen molar-refractivity contribution < 1.29 is 0 Å². The number of anilines is 1. The van der Waals surface area contributed by atoms with Crippen molar-refractivity contribution in [3.8, 4) is 11.1 Å². The summed E-state index contributed by atoms with van der Waals surface area (Å²) in [5.74, 6) is 1.93. The fourth-order valence-corrected chi connectivity index (χ4v) is 4.94. The first-order chi connectivity index (χ1) is 13.4. The van der Waals surface area contributed by atoms with E-state index >= 15 is 0 Å². The maximum absolute atomic E-state index is 3.49. The molecule has 2 heteroatoms. The van der Waals surface area contributed by atoms with Gasteiger partial charge in [-0.25, -0.2) is 0 Å². The van der Waals surface area contributed by atoms with E-state index in [2.05, 4.69) is 64.8 Å². The number of rotatable bonds is 6. The molecule has 0 bridgehead atoms. The molecule has 2 heterocycles. The summed E-state index contributed by atoms with van der Waals surface area (Å²) >= 11 is 0. The summed E-state index contributed by atoms with van der Waals surface area (Å²) in [7, 11) is 0. The second-order valence-corrected chi connectivity index (χ2v) is 8.44. The molecule has 2 saturated heterocycles. The summed E-state index contributed by atoms with van der Waals surface area (Å²) < 4.78 is 0. The zero-order chi connectivity index (χ0) is 18.3. The van der Waals surface area contributed by atoms with E-state index in [0.29, 0.717) is 0 Å². The van der Waals surface area contributed by atoms with E-state index in [0.717, 1.165) is 11.8 Å². The van der Waals surface area contributed by atoms with Gasteiger partial charge in [0.2, 0.25) is 0 Å². The van der Waals surface area contributed by atoms with Gasteiger partial charge in [-0.15, -0.1) is 0 Å². The second kappa shape index (κ2) is 9.41. The second-order valence-electron chi connectivity index (χ2n) is 8.44. The lowest BCUT2D eigenvalue weighted by Gasteiger charge is -2.35. The number of piperidine rings is 2. The minimum Gasteiger partial charge on any atom is -0.371 e. The molecule has 1 N–H and O–H groups in total. The Labute approximate surface area is 165 Å². The maximum atomic E-state index is 3.49. The molecule has 27 heavy (non-hydrogen) atoms. The normalized spacial score (nSPS) is 19.3. The molecule has 0 amide bonds. The number of hydrogen-bond donors (Lipinski definition) is 1. The Morgan fingerprint density at radius 1 is 0.741 bits per heavy atom. The van der Waals surface area contributed by atoms with Gasteiger partial charge in [0.15, 0.2) is 0 Å². The summed E-state index contributed by atoms with van der Waals surface area (Å²) in [6.07, 6.45) is 9.85. The highest BCUT2D eigenvalue weighted by Crippen LogP contribution is 2.34. The number of benzene rings is 2. The van der Waals surface area contributed by atoms with E-state index in [9.17, 15) is 0 Å². The lowest BCUT2D eigenvalue weighted by atomic mass is 9.87. The molecular weight excluding hydrogens is 328 g/mol. The van der Waals surface area contributed by atoms with Gasteiger partial charge in [0.1, 0.15) is 0 Å². The Morgan fingerprint density at radius 2 is 1.37 bits per heavy atom. The van der Waals surface area contributed by atoms with Crippen molar-refractivity contribution in [1.29, 1.82) is 0 Å². The summed E-state index contributed by atoms with van der Waals surface area (Å²) in [6.45, 7) is 4.90. The average molecular weight is 363 g/mol. The first-order valence-electron chi connectivity index (χ1n) is 11.0. The van der Waals surface area contributed by atoms with E-state index < -0.39 is 0 Å². The van der Waals surface area contributed by atoms with Crippen LogP contribution in [0.1, 0.15) is 44.9 Å². The highest BCUT2D eigenvalue weighted by molar-refractivity contribution is 5.78. The van der Waals surface area contributed by atoms with Crippen LogP contribution in [-0.2, 0) is 0 Å².